The van der Waals surface area contributed by atoms with E-state index < -0.39 is 47.6 Å². The first-order valence-electron chi connectivity index (χ1n) is 10.0. The molecule has 0 radical (unpaired) electrons. The Bertz CT molecular complexity index is 696. The maximum absolute atomic E-state index is 13.0. The van der Waals surface area contributed by atoms with Gasteiger partial charge in [0.2, 0.25) is 0 Å². The first-order valence-corrected chi connectivity index (χ1v) is 10.0. The van der Waals surface area contributed by atoms with Crippen molar-refractivity contribution in [2.45, 2.75) is 82.1 Å². The van der Waals surface area contributed by atoms with Gasteiger partial charge in [0.1, 0.15) is 25.4 Å². The lowest BCUT2D eigenvalue weighted by atomic mass is 10.0. The zero-order valence-corrected chi connectivity index (χ0v) is 17.1. The Hall–Kier alpha value is -1.52. The third kappa shape index (κ3) is 3.70. The second-order valence-electron chi connectivity index (χ2n) is 8.43. The van der Waals surface area contributed by atoms with Gasteiger partial charge in [0.15, 0.2) is 17.7 Å². The lowest BCUT2D eigenvalue weighted by Gasteiger charge is -2.40. The summed E-state index contributed by atoms with van der Waals surface area (Å²) in [5, 5.41) is 0. The molecule has 4 atom stereocenters. The Labute approximate surface area is 169 Å². The molecule has 0 aromatic rings. The van der Waals surface area contributed by atoms with Crippen LogP contribution in [0.25, 0.3) is 0 Å². The van der Waals surface area contributed by atoms with Crippen LogP contribution in [0.1, 0.15) is 46.5 Å². The van der Waals surface area contributed by atoms with Gasteiger partial charge in [-0.1, -0.05) is 6.58 Å². The van der Waals surface area contributed by atoms with Gasteiger partial charge in [-0.3, -0.25) is 0 Å². The Kier molecular flexibility index (Phi) is 5.23. The Morgan fingerprint density at radius 3 is 2.45 bits per heavy atom. The van der Waals surface area contributed by atoms with Crippen molar-refractivity contribution >= 4 is 11.9 Å². The molecule has 0 aromatic carbocycles. The summed E-state index contributed by atoms with van der Waals surface area (Å²) in [6, 6.07) is 0. The van der Waals surface area contributed by atoms with E-state index in [1.165, 1.54) is 6.92 Å². The van der Waals surface area contributed by atoms with Crippen LogP contribution in [0.3, 0.4) is 0 Å². The lowest BCUT2D eigenvalue weighted by molar-refractivity contribution is -0.335. The smallest absolute Gasteiger partial charge is 0.370 e. The molecular weight excluding hydrogens is 384 g/mol. The third-order valence-electron chi connectivity index (χ3n) is 5.58. The molecule has 29 heavy (non-hydrogen) atoms. The molecule has 1 aliphatic carbocycles. The third-order valence-corrected chi connectivity index (χ3v) is 5.58. The van der Waals surface area contributed by atoms with Gasteiger partial charge in [-0.05, 0) is 33.6 Å². The van der Waals surface area contributed by atoms with E-state index in [-0.39, 0.29) is 18.8 Å². The first-order chi connectivity index (χ1) is 13.7. The monoisotopic (exact) mass is 412 g/mol. The molecule has 9 heteroatoms. The van der Waals surface area contributed by atoms with Crippen LogP contribution in [0.2, 0.25) is 0 Å². The van der Waals surface area contributed by atoms with Crippen LogP contribution in [0.15, 0.2) is 12.2 Å². The molecule has 1 saturated carbocycles. The average molecular weight is 412 g/mol. The van der Waals surface area contributed by atoms with Crippen LogP contribution < -0.4 is 0 Å². The van der Waals surface area contributed by atoms with E-state index in [2.05, 4.69) is 6.58 Å². The summed E-state index contributed by atoms with van der Waals surface area (Å²) in [4.78, 5) is 24.4. The molecule has 1 spiro atoms. The van der Waals surface area contributed by atoms with Crippen molar-refractivity contribution in [3.8, 4) is 0 Å². The zero-order chi connectivity index (χ0) is 20.9. The fraction of sp³-hybridized carbons (Fsp3) is 0.800. The summed E-state index contributed by atoms with van der Waals surface area (Å²) in [7, 11) is 0. The highest BCUT2D eigenvalue weighted by atomic mass is 16.9. The maximum Gasteiger partial charge on any atom is 0.370 e. The fourth-order valence-electron chi connectivity index (χ4n) is 4.35. The van der Waals surface area contributed by atoms with Gasteiger partial charge in [0.05, 0.1) is 6.61 Å². The van der Waals surface area contributed by atoms with E-state index in [0.717, 1.165) is 25.7 Å². The first kappa shape index (κ1) is 20.7. The SMILES string of the molecule is C=C(C)C(=O)OCCOC(=O)C12OC3COC4(CCCC4)OC3C1OC(C)(C)O2. The van der Waals surface area contributed by atoms with Crippen molar-refractivity contribution in [2.24, 2.45) is 0 Å². The number of carbonyl (C=O) groups is 2. The Morgan fingerprint density at radius 1 is 1.07 bits per heavy atom. The Morgan fingerprint density at radius 2 is 1.76 bits per heavy atom. The standard InChI is InChI=1S/C20H28O9/c1-12(2)16(21)23-9-10-24-17(22)20-15(28-18(3,4)29-20)14-13(26-20)11-25-19(27-14)7-5-6-8-19/h13-15H,1,5-11H2,2-4H3. The molecule has 162 valence electrons. The van der Waals surface area contributed by atoms with E-state index in [1.54, 1.807) is 13.8 Å². The predicted octanol–water partition coefficient (Wildman–Crippen LogP) is 1.58. The van der Waals surface area contributed by atoms with Gasteiger partial charge in [0, 0.05) is 18.4 Å². The summed E-state index contributed by atoms with van der Waals surface area (Å²) in [5.74, 6) is -4.72. The van der Waals surface area contributed by atoms with Crippen LogP contribution in [-0.4, -0.2) is 67.4 Å². The van der Waals surface area contributed by atoms with Crippen LogP contribution in [0, 0.1) is 0 Å². The van der Waals surface area contributed by atoms with Crippen molar-refractivity contribution < 1.29 is 42.7 Å². The van der Waals surface area contributed by atoms with Crippen molar-refractivity contribution in [3.63, 3.8) is 0 Å². The van der Waals surface area contributed by atoms with Crippen LogP contribution in [0.4, 0.5) is 0 Å². The number of ether oxygens (including phenoxy) is 7. The number of carbonyl (C=O) groups excluding carboxylic acids is 2. The van der Waals surface area contributed by atoms with Crippen molar-refractivity contribution in [3.05, 3.63) is 12.2 Å². The molecule has 3 aliphatic heterocycles. The van der Waals surface area contributed by atoms with Crippen LogP contribution >= 0.6 is 0 Å². The van der Waals surface area contributed by atoms with Gasteiger partial charge in [-0.15, -0.1) is 0 Å². The highest BCUT2D eigenvalue weighted by Crippen LogP contribution is 2.51. The number of hydrogen-bond acceptors (Lipinski definition) is 9. The van der Waals surface area contributed by atoms with Gasteiger partial charge >= 0.3 is 17.7 Å². The minimum absolute atomic E-state index is 0.0992. The molecule has 4 rings (SSSR count). The van der Waals surface area contributed by atoms with Gasteiger partial charge in [0.25, 0.3) is 0 Å². The number of hydrogen-bond donors (Lipinski definition) is 0. The molecule has 3 heterocycles. The van der Waals surface area contributed by atoms with E-state index in [4.69, 9.17) is 33.2 Å². The quantitative estimate of drug-likeness (QED) is 0.379. The molecule has 4 unspecified atom stereocenters. The number of esters is 2. The van der Waals surface area contributed by atoms with E-state index in [1.807, 2.05) is 0 Å². The van der Waals surface area contributed by atoms with Crippen molar-refractivity contribution in [1.82, 2.24) is 0 Å². The van der Waals surface area contributed by atoms with E-state index in [0.29, 0.717) is 6.61 Å². The molecule has 0 N–H and O–H groups in total. The molecule has 0 bridgehead atoms. The van der Waals surface area contributed by atoms with Crippen molar-refractivity contribution in [1.29, 1.82) is 0 Å². The molecule has 3 saturated heterocycles. The minimum atomic E-state index is -1.75. The number of fused-ring (bicyclic) bond motifs is 3. The Balaban J connectivity index is 1.45. The maximum atomic E-state index is 13.0. The van der Waals surface area contributed by atoms with Gasteiger partial charge < -0.3 is 33.2 Å². The van der Waals surface area contributed by atoms with E-state index >= 15 is 0 Å². The lowest BCUT2D eigenvalue weighted by Crippen LogP contribution is -2.53. The summed E-state index contributed by atoms with van der Waals surface area (Å²) >= 11 is 0. The molecule has 9 nitrogen and oxygen atoms in total. The highest BCUT2D eigenvalue weighted by molar-refractivity contribution is 5.86. The van der Waals surface area contributed by atoms with E-state index in [9.17, 15) is 9.59 Å². The predicted molar refractivity (Wildman–Crippen MR) is 96.4 cm³/mol. The zero-order valence-electron chi connectivity index (χ0n) is 17.1. The highest BCUT2D eigenvalue weighted by Gasteiger charge is 2.72. The summed E-state index contributed by atoms with van der Waals surface area (Å²) in [6.07, 6.45) is 1.88. The largest absolute Gasteiger partial charge is 0.459 e. The second kappa shape index (κ2) is 7.31. The molecule has 4 fully saturated rings. The second-order valence-corrected chi connectivity index (χ2v) is 8.43. The summed E-state index contributed by atoms with van der Waals surface area (Å²) in [6.45, 7) is 8.50. The summed E-state index contributed by atoms with van der Waals surface area (Å²) < 4.78 is 40.4. The molecule has 0 amide bonds. The van der Waals surface area contributed by atoms with Gasteiger partial charge in [-0.25, -0.2) is 9.59 Å². The fourth-order valence-corrected chi connectivity index (χ4v) is 4.35. The van der Waals surface area contributed by atoms with Gasteiger partial charge in [-0.2, -0.15) is 0 Å². The normalized spacial score (nSPS) is 36.4. The summed E-state index contributed by atoms with van der Waals surface area (Å²) in [5.41, 5.74) is 0.269. The topological polar surface area (TPSA) is 98.8 Å². The molecule has 4 aliphatic rings. The number of rotatable bonds is 5. The molecule has 0 aromatic heterocycles. The average Bonchev–Trinajstić information content (AvgIpc) is 3.29. The minimum Gasteiger partial charge on any atom is -0.459 e. The van der Waals surface area contributed by atoms with Crippen LogP contribution in [0.5, 0.6) is 0 Å². The van der Waals surface area contributed by atoms with Crippen molar-refractivity contribution in [2.75, 3.05) is 19.8 Å². The van der Waals surface area contributed by atoms with Crippen LogP contribution in [-0.2, 0) is 42.7 Å². The molecular formula is C20H28O9.